The van der Waals surface area contributed by atoms with Crippen molar-refractivity contribution in [1.29, 1.82) is 0 Å². The van der Waals surface area contributed by atoms with Crippen molar-refractivity contribution in [2.24, 2.45) is 17.2 Å². The maximum absolute atomic E-state index is 12.8. The van der Waals surface area contributed by atoms with Gasteiger partial charge in [-0.15, -0.1) is 0 Å². The number of rotatable bonds is 18. The first-order chi connectivity index (χ1) is 15.9. The van der Waals surface area contributed by atoms with Gasteiger partial charge < -0.3 is 48.5 Å². The number of carboxylic acid groups (broad SMARTS) is 2. The van der Waals surface area contributed by atoms with Crippen molar-refractivity contribution < 1.29 is 44.1 Å². The summed E-state index contributed by atoms with van der Waals surface area (Å²) in [4.78, 5) is 70.8. The second-order valence-electron chi connectivity index (χ2n) is 7.53. The van der Waals surface area contributed by atoms with E-state index in [0.717, 1.165) is 0 Å². The van der Waals surface area contributed by atoms with Crippen LogP contribution < -0.4 is 33.2 Å². The molecule has 0 saturated heterocycles. The summed E-state index contributed by atoms with van der Waals surface area (Å²) in [5.74, 6) is -6.09. The summed E-state index contributed by atoms with van der Waals surface area (Å²) >= 11 is 0. The van der Waals surface area contributed by atoms with E-state index < -0.39 is 72.8 Å². The smallest absolute Gasteiger partial charge is 0.326 e. The van der Waals surface area contributed by atoms with Crippen molar-refractivity contribution in [2.75, 3.05) is 13.2 Å². The number of carbonyl (C=O) groups is 6. The number of aliphatic hydroxyl groups excluding tert-OH is 1. The normalized spacial score (nSPS) is 14.2. The van der Waals surface area contributed by atoms with Crippen LogP contribution in [0.3, 0.4) is 0 Å². The number of aliphatic hydroxyl groups is 1. The molecule has 0 aromatic heterocycles. The molecule has 0 bridgehead atoms. The Hall–Kier alpha value is -3.30. The van der Waals surface area contributed by atoms with Gasteiger partial charge in [0.15, 0.2) is 0 Å². The first kappa shape index (κ1) is 30.7. The fraction of sp³-hybridized carbons (Fsp3) is 0.684. The third-order valence-corrected chi connectivity index (χ3v) is 4.69. The van der Waals surface area contributed by atoms with Gasteiger partial charge in [-0.3, -0.25) is 24.0 Å². The van der Waals surface area contributed by atoms with E-state index in [4.69, 9.17) is 27.4 Å². The highest BCUT2D eigenvalue weighted by molar-refractivity contribution is 5.94. The molecule has 34 heavy (non-hydrogen) atoms. The summed E-state index contributed by atoms with van der Waals surface area (Å²) < 4.78 is 0. The Labute approximate surface area is 195 Å². The molecule has 0 spiro atoms. The van der Waals surface area contributed by atoms with Crippen LogP contribution in [0.4, 0.5) is 0 Å². The monoisotopic (exact) mass is 490 g/mol. The fourth-order valence-corrected chi connectivity index (χ4v) is 2.75. The van der Waals surface area contributed by atoms with Crippen molar-refractivity contribution >= 4 is 35.6 Å². The van der Waals surface area contributed by atoms with Gasteiger partial charge in [0, 0.05) is 12.8 Å². The summed E-state index contributed by atoms with van der Waals surface area (Å²) in [6, 6.07) is -5.44. The standard InChI is InChI=1S/C19H34N6O9/c20-8-2-1-3-11(17(31)25-13(19(33)34)4-6-14(22)27)24-18(32)12(5-7-15(28)29)23-16(30)10(21)9-26/h10-13,26H,1-9,20-21H2,(H2,22,27)(H,23,30)(H,24,32)(H,25,31)(H,28,29)(H,33,34). The zero-order chi connectivity index (χ0) is 26.3. The van der Waals surface area contributed by atoms with E-state index in [-0.39, 0.29) is 25.7 Å². The number of nitrogens with two attached hydrogens (primary N) is 3. The molecule has 4 unspecified atom stereocenters. The molecule has 0 radical (unpaired) electrons. The van der Waals surface area contributed by atoms with Gasteiger partial charge in [-0.05, 0) is 38.6 Å². The third kappa shape index (κ3) is 12.7. The predicted molar refractivity (Wildman–Crippen MR) is 117 cm³/mol. The van der Waals surface area contributed by atoms with Crippen LogP contribution >= 0.6 is 0 Å². The number of hydrogen-bond acceptors (Lipinski definition) is 9. The van der Waals surface area contributed by atoms with Crippen LogP contribution in [0.1, 0.15) is 44.9 Å². The van der Waals surface area contributed by atoms with E-state index in [1.165, 1.54) is 0 Å². The molecule has 0 heterocycles. The summed E-state index contributed by atoms with van der Waals surface area (Å²) in [5.41, 5.74) is 15.9. The molecule has 194 valence electrons. The maximum atomic E-state index is 12.8. The largest absolute Gasteiger partial charge is 0.481 e. The highest BCUT2D eigenvalue weighted by Gasteiger charge is 2.30. The van der Waals surface area contributed by atoms with Gasteiger partial charge in [-0.25, -0.2) is 4.79 Å². The topological polar surface area (TPSA) is 277 Å². The minimum Gasteiger partial charge on any atom is -0.481 e. The number of nitrogens with one attached hydrogen (secondary N) is 3. The molecule has 0 aliphatic carbocycles. The maximum Gasteiger partial charge on any atom is 0.326 e. The zero-order valence-electron chi connectivity index (χ0n) is 18.7. The summed E-state index contributed by atoms with van der Waals surface area (Å²) in [7, 11) is 0. The molecule has 0 aromatic carbocycles. The van der Waals surface area contributed by atoms with E-state index in [0.29, 0.717) is 19.4 Å². The second-order valence-corrected chi connectivity index (χ2v) is 7.53. The molecule has 15 nitrogen and oxygen atoms in total. The lowest BCUT2D eigenvalue weighted by molar-refractivity contribution is -0.142. The molecular formula is C19H34N6O9. The molecule has 4 atom stereocenters. The molecule has 0 aliphatic heterocycles. The average molecular weight is 491 g/mol. The number of carbonyl (C=O) groups excluding carboxylic acids is 4. The Kier molecular flexibility index (Phi) is 14.7. The van der Waals surface area contributed by atoms with Crippen LogP contribution in [-0.4, -0.2) is 88.2 Å². The van der Waals surface area contributed by atoms with Crippen molar-refractivity contribution in [1.82, 2.24) is 16.0 Å². The average Bonchev–Trinajstić information content (AvgIpc) is 2.77. The summed E-state index contributed by atoms with van der Waals surface area (Å²) in [6.07, 6.45) is -0.452. The number of amides is 4. The highest BCUT2D eigenvalue weighted by atomic mass is 16.4. The molecule has 0 saturated carbocycles. The SMILES string of the molecule is NCCCCC(NC(=O)C(CCC(=O)O)NC(=O)C(N)CO)C(=O)NC(CCC(N)=O)C(=O)O. The Morgan fingerprint density at radius 1 is 0.735 bits per heavy atom. The van der Waals surface area contributed by atoms with Crippen LogP contribution in [0.5, 0.6) is 0 Å². The van der Waals surface area contributed by atoms with Gasteiger partial charge in [0.2, 0.25) is 23.6 Å². The minimum absolute atomic E-state index is 0.0622. The van der Waals surface area contributed by atoms with Crippen LogP contribution in [0.15, 0.2) is 0 Å². The number of aliphatic carboxylic acids is 2. The van der Waals surface area contributed by atoms with Gasteiger partial charge in [-0.1, -0.05) is 0 Å². The fourth-order valence-electron chi connectivity index (χ4n) is 2.75. The van der Waals surface area contributed by atoms with E-state index in [1.807, 2.05) is 0 Å². The van der Waals surface area contributed by atoms with Crippen molar-refractivity contribution in [3.8, 4) is 0 Å². The number of unbranched alkanes of at least 4 members (excludes halogenated alkanes) is 1. The van der Waals surface area contributed by atoms with E-state index in [2.05, 4.69) is 16.0 Å². The van der Waals surface area contributed by atoms with E-state index in [9.17, 15) is 33.9 Å². The van der Waals surface area contributed by atoms with E-state index in [1.54, 1.807) is 0 Å². The predicted octanol–water partition coefficient (Wildman–Crippen LogP) is -3.90. The first-order valence-electron chi connectivity index (χ1n) is 10.6. The summed E-state index contributed by atoms with van der Waals surface area (Å²) in [5, 5.41) is 34.1. The van der Waals surface area contributed by atoms with Crippen molar-refractivity contribution in [2.45, 2.75) is 69.1 Å². The van der Waals surface area contributed by atoms with Crippen LogP contribution in [-0.2, 0) is 28.8 Å². The number of primary amides is 1. The Bertz CT molecular complexity index is 733. The van der Waals surface area contributed by atoms with E-state index >= 15 is 0 Å². The first-order valence-corrected chi connectivity index (χ1v) is 10.6. The zero-order valence-corrected chi connectivity index (χ0v) is 18.7. The number of hydrogen-bond donors (Lipinski definition) is 9. The molecule has 12 N–H and O–H groups in total. The number of carboxylic acids is 2. The molecule has 0 rings (SSSR count). The third-order valence-electron chi connectivity index (χ3n) is 4.69. The van der Waals surface area contributed by atoms with Crippen LogP contribution in [0.25, 0.3) is 0 Å². The lowest BCUT2D eigenvalue weighted by atomic mass is 10.0. The Balaban J connectivity index is 5.53. The quantitative estimate of drug-likeness (QED) is 0.0837. The van der Waals surface area contributed by atoms with Gasteiger partial charge >= 0.3 is 11.9 Å². The lowest BCUT2D eigenvalue weighted by Crippen LogP contribution is -2.57. The lowest BCUT2D eigenvalue weighted by Gasteiger charge is -2.25. The van der Waals surface area contributed by atoms with Gasteiger partial charge in [0.1, 0.15) is 24.2 Å². The van der Waals surface area contributed by atoms with Gasteiger partial charge in [0.25, 0.3) is 0 Å². The van der Waals surface area contributed by atoms with Crippen molar-refractivity contribution in [3.63, 3.8) is 0 Å². The molecule has 4 amide bonds. The Morgan fingerprint density at radius 2 is 1.24 bits per heavy atom. The Morgan fingerprint density at radius 3 is 1.71 bits per heavy atom. The van der Waals surface area contributed by atoms with Crippen molar-refractivity contribution in [3.05, 3.63) is 0 Å². The molecule has 0 aromatic rings. The molecule has 0 aliphatic rings. The van der Waals surface area contributed by atoms with Gasteiger partial charge in [0.05, 0.1) is 6.61 Å². The van der Waals surface area contributed by atoms with Gasteiger partial charge in [-0.2, -0.15) is 0 Å². The summed E-state index contributed by atoms with van der Waals surface area (Å²) in [6.45, 7) is -0.417. The van der Waals surface area contributed by atoms with Crippen LogP contribution in [0.2, 0.25) is 0 Å². The minimum atomic E-state index is -1.45. The highest BCUT2D eigenvalue weighted by Crippen LogP contribution is 2.06. The second kappa shape index (κ2) is 16.3. The molecule has 15 heteroatoms. The molecular weight excluding hydrogens is 456 g/mol. The molecule has 0 fully saturated rings. The van der Waals surface area contributed by atoms with Crippen LogP contribution in [0, 0.1) is 0 Å².